The summed E-state index contributed by atoms with van der Waals surface area (Å²) in [6.07, 6.45) is -3.80. The number of primary amides is 1. The first-order valence-electron chi connectivity index (χ1n) is 6.39. The Balaban J connectivity index is 2.41. The highest BCUT2D eigenvalue weighted by atomic mass is 19.4. The van der Waals surface area contributed by atoms with Crippen LogP contribution in [0.4, 0.5) is 18.9 Å². The van der Waals surface area contributed by atoms with Crippen LogP contribution < -0.4 is 10.6 Å². The molecule has 1 aliphatic rings. The van der Waals surface area contributed by atoms with E-state index in [1.54, 1.807) is 6.92 Å². The molecule has 4 nitrogen and oxygen atoms in total. The summed E-state index contributed by atoms with van der Waals surface area (Å²) in [7, 11) is 0. The Kier molecular flexibility index (Phi) is 3.69. The topological polar surface area (TPSA) is 63.4 Å². The van der Waals surface area contributed by atoms with Crippen molar-refractivity contribution in [3.63, 3.8) is 0 Å². The van der Waals surface area contributed by atoms with Gasteiger partial charge in [-0.05, 0) is 31.5 Å². The minimum atomic E-state index is -4.57. The second-order valence-electron chi connectivity index (χ2n) is 5.49. The van der Waals surface area contributed by atoms with Gasteiger partial charge in [0, 0.05) is 24.3 Å². The van der Waals surface area contributed by atoms with E-state index in [-0.39, 0.29) is 17.8 Å². The summed E-state index contributed by atoms with van der Waals surface area (Å²) in [5.41, 5.74) is 3.52. The van der Waals surface area contributed by atoms with Gasteiger partial charge >= 0.3 is 6.18 Å². The molecule has 1 heterocycles. The molecule has 1 fully saturated rings. The first-order valence-corrected chi connectivity index (χ1v) is 6.39. The van der Waals surface area contributed by atoms with Crippen molar-refractivity contribution in [3.8, 4) is 0 Å². The number of amides is 1. The van der Waals surface area contributed by atoms with Crippen molar-refractivity contribution in [1.29, 1.82) is 0 Å². The zero-order valence-electron chi connectivity index (χ0n) is 11.4. The maximum Gasteiger partial charge on any atom is 0.418 e. The largest absolute Gasteiger partial charge is 0.418 e. The lowest BCUT2D eigenvalue weighted by atomic mass is 9.89. The number of carbonyl (C=O) groups is 2. The van der Waals surface area contributed by atoms with Crippen LogP contribution in [0.3, 0.4) is 0 Å². The number of anilines is 1. The van der Waals surface area contributed by atoms with Gasteiger partial charge < -0.3 is 10.6 Å². The van der Waals surface area contributed by atoms with Gasteiger partial charge in [-0.25, -0.2) is 0 Å². The van der Waals surface area contributed by atoms with E-state index in [1.165, 1.54) is 17.0 Å². The maximum absolute atomic E-state index is 13.1. The van der Waals surface area contributed by atoms with Gasteiger partial charge in [0.1, 0.15) is 6.29 Å². The smallest absolute Gasteiger partial charge is 0.370 e. The molecule has 1 aromatic rings. The van der Waals surface area contributed by atoms with Crippen LogP contribution in [0.2, 0.25) is 0 Å². The Morgan fingerprint density at radius 3 is 2.57 bits per heavy atom. The minimum Gasteiger partial charge on any atom is -0.370 e. The predicted octanol–water partition coefficient (Wildman–Crippen LogP) is 2.22. The van der Waals surface area contributed by atoms with Crippen molar-refractivity contribution in [2.24, 2.45) is 11.1 Å². The third kappa shape index (κ3) is 2.86. The van der Waals surface area contributed by atoms with E-state index in [9.17, 15) is 22.8 Å². The summed E-state index contributed by atoms with van der Waals surface area (Å²) < 4.78 is 39.4. The lowest BCUT2D eigenvalue weighted by molar-refractivity contribution is -0.137. The number of rotatable bonds is 3. The second kappa shape index (κ2) is 5.05. The summed E-state index contributed by atoms with van der Waals surface area (Å²) in [5, 5.41) is 0. The van der Waals surface area contributed by atoms with Gasteiger partial charge in [-0.2, -0.15) is 13.2 Å². The minimum absolute atomic E-state index is 0.0296. The number of benzene rings is 1. The first-order chi connectivity index (χ1) is 9.67. The first kappa shape index (κ1) is 15.3. The standard InChI is InChI=1S/C14H15F3N2O2/c1-13(12(18)21)4-5-19(8-13)11-3-2-9(7-20)6-10(11)14(15,16)17/h2-3,6-7H,4-5,8H2,1H3,(H2,18,21). The molecular formula is C14H15F3N2O2. The summed E-state index contributed by atoms with van der Waals surface area (Å²) in [5.74, 6) is -0.525. The Bertz CT molecular complexity index is 586. The fourth-order valence-electron chi connectivity index (χ4n) is 2.50. The SMILES string of the molecule is CC1(C(N)=O)CCN(c2ccc(C=O)cc2C(F)(F)F)C1. The zero-order chi connectivity index (χ0) is 15.8. The van der Waals surface area contributed by atoms with Gasteiger partial charge in [-0.3, -0.25) is 9.59 Å². The van der Waals surface area contributed by atoms with Crippen molar-refractivity contribution < 1.29 is 22.8 Å². The van der Waals surface area contributed by atoms with Gasteiger partial charge in [-0.15, -0.1) is 0 Å². The molecule has 0 spiro atoms. The Morgan fingerprint density at radius 1 is 1.43 bits per heavy atom. The Labute approximate surface area is 119 Å². The van der Waals surface area contributed by atoms with Crippen LogP contribution in [0.25, 0.3) is 0 Å². The van der Waals surface area contributed by atoms with Crippen LogP contribution >= 0.6 is 0 Å². The summed E-state index contributed by atoms with van der Waals surface area (Å²) in [6.45, 7) is 2.08. The van der Waals surface area contributed by atoms with E-state index in [4.69, 9.17) is 5.73 Å². The molecule has 2 rings (SSSR count). The van der Waals surface area contributed by atoms with Crippen molar-refractivity contribution in [2.45, 2.75) is 19.5 Å². The lowest BCUT2D eigenvalue weighted by Gasteiger charge is -2.25. The summed E-state index contributed by atoms with van der Waals surface area (Å²) in [4.78, 5) is 23.6. The predicted molar refractivity (Wildman–Crippen MR) is 71.0 cm³/mol. The molecular weight excluding hydrogens is 285 g/mol. The fraction of sp³-hybridized carbons (Fsp3) is 0.429. The van der Waals surface area contributed by atoms with E-state index in [0.717, 1.165) is 6.07 Å². The van der Waals surface area contributed by atoms with E-state index >= 15 is 0 Å². The average Bonchev–Trinajstić information content (AvgIpc) is 2.81. The Morgan fingerprint density at radius 2 is 2.10 bits per heavy atom. The number of halogens is 3. The van der Waals surface area contributed by atoms with Gasteiger partial charge in [0.05, 0.1) is 11.0 Å². The highest BCUT2D eigenvalue weighted by molar-refractivity contribution is 5.82. The molecule has 0 aliphatic carbocycles. The van der Waals surface area contributed by atoms with E-state index in [1.807, 2.05) is 0 Å². The molecule has 1 aromatic carbocycles. The molecule has 0 radical (unpaired) electrons. The number of carbonyl (C=O) groups excluding carboxylic acids is 2. The quantitative estimate of drug-likeness (QED) is 0.871. The molecule has 1 unspecified atom stereocenters. The van der Waals surface area contributed by atoms with Crippen LogP contribution in [0, 0.1) is 5.41 Å². The third-order valence-electron chi connectivity index (χ3n) is 3.87. The number of alkyl halides is 3. The van der Waals surface area contributed by atoms with E-state index in [0.29, 0.717) is 19.3 Å². The van der Waals surface area contributed by atoms with Gasteiger partial charge in [0.15, 0.2) is 0 Å². The highest BCUT2D eigenvalue weighted by Gasteiger charge is 2.42. The molecule has 2 N–H and O–H groups in total. The van der Waals surface area contributed by atoms with Crippen LogP contribution in [-0.4, -0.2) is 25.3 Å². The van der Waals surface area contributed by atoms with Crippen LogP contribution in [0.15, 0.2) is 18.2 Å². The van der Waals surface area contributed by atoms with Crippen molar-refractivity contribution in [2.75, 3.05) is 18.0 Å². The average molecular weight is 300 g/mol. The highest BCUT2D eigenvalue weighted by Crippen LogP contribution is 2.41. The molecule has 1 amide bonds. The molecule has 7 heteroatoms. The molecule has 1 saturated heterocycles. The van der Waals surface area contributed by atoms with Crippen molar-refractivity contribution >= 4 is 17.9 Å². The van der Waals surface area contributed by atoms with Crippen molar-refractivity contribution in [3.05, 3.63) is 29.3 Å². The fourth-order valence-corrected chi connectivity index (χ4v) is 2.50. The van der Waals surface area contributed by atoms with Crippen molar-refractivity contribution in [1.82, 2.24) is 0 Å². The number of nitrogens with zero attached hydrogens (tertiary/aromatic N) is 1. The molecule has 1 aliphatic heterocycles. The van der Waals surface area contributed by atoms with E-state index < -0.39 is 23.1 Å². The van der Waals surface area contributed by atoms with Gasteiger partial charge in [0.25, 0.3) is 0 Å². The molecule has 1 atom stereocenters. The number of hydrogen-bond donors (Lipinski definition) is 1. The monoisotopic (exact) mass is 300 g/mol. The number of nitrogens with two attached hydrogens (primary N) is 1. The molecule has 0 bridgehead atoms. The molecule has 114 valence electrons. The van der Waals surface area contributed by atoms with Crippen LogP contribution in [0.5, 0.6) is 0 Å². The summed E-state index contributed by atoms with van der Waals surface area (Å²) in [6, 6.07) is 3.42. The number of hydrogen-bond acceptors (Lipinski definition) is 3. The lowest BCUT2D eigenvalue weighted by Crippen LogP contribution is -2.37. The summed E-state index contributed by atoms with van der Waals surface area (Å²) >= 11 is 0. The maximum atomic E-state index is 13.1. The third-order valence-corrected chi connectivity index (χ3v) is 3.87. The zero-order valence-corrected chi connectivity index (χ0v) is 11.4. The van der Waals surface area contributed by atoms with Crippen LogP contribution in [0.1, 0.15) is 29.3 Å². The van der Waals surface area contributed by atoms with Gasteiger partial charge in [0.2, 0.25) is 5.91 Å². The second-order valence-corrected chi connectivity index (χ2v) is 5.49. The molecule has 0 aromatic heterocycles. The molecule has 21 heavy (non-hydrogen) atoms. The van der Waals surface area contributed by atoms with E-state index in [2.05, 4.69) is 0 Å². The molecule has 0 saturated carbocycles. The van der Waals surface area contributed by atoms with Crippen LogP contribution in [-0.2, 0) is 11.0 Å². The normalized spacial score (nSPS) is 22.4. The number of aldehydes is 1. The van der Waals surface area contributed by atoms with Gasteiger partial charge in [-0.1, -0.05) is 0 Å². The Hall–Kier alpha value is -2.05.